The molecule has 0 radical (unpaired) electrons. The Bertz CT molecular complexity index is 147. The maximum atomic E-state index is 5.03. The number of hydrogen-bond acceptors (Lipinski definition) is 2. The minimum absolute atomic E-state index is 0.0370. The normalized spacial score (nSPS) is 24.2. The largest absolute Gasteiger partial charge is 0.498 e. The number of methoxy groups -OCH3 is 2. The van der Waals surface area contributed by atoms with Crippen LogP contribution in [0.3, 0.4) is 0 Å². The van der Waals surface area contributed by atoms with Gasteiger partial charge in [-0.2, -0.15) is 0 Å². The maximum absolute atomic E-state index is 5.03. The van der Waals surface area contributed by atoms with E-state index in [0.717, 1.165) is 5.76 Å². The van der Waals surface area contributed by atoms with Gasteiger partial charge in [-0.15, -0.1) is 0 Å². The highest BCUT2D eigenvalue weighted by Crippen LogP contribution is 2.14. The van der Waals surface area contributed by atoms with E-state index in [4.69, 9.17) is 9.47 Å². The fraction of sp³-hybridized carbons (Fsp3) is 0.429. The van der Waals surface area contributed by atoms with Gasteiger partial charge in [0.15, 0.2) is 0 Å². The summed E-state index contributed by atoms with van der Waals surface area (Å²) in [5.41, 5.74) is 0. The summed E-state index contributed by atoms with van der Waals surface area (Å²) in [7, 11) is 3.30. The second-order valence-corrected chi connectivity index (χ2v) is 1.81. The zero-order valence-electron chi connectivity index (χ0n) is 5.63. The van der Waals surface area contributed by atoms with Crippen LogP contribution in [-0.4, -0.2) is 20.3 Å². The summed E-state index contributed by atoms with van der Waals surface area (Å²) in [6.45, 7) is 0. The molecule has 1 aliphatic carbocycles. The zero-order chi connectivity index (χ0) is 6.69. The molecule has 9 heavy (non-hydrogen) atoms. The monoisotopic (exact) mass is 126 g/mol. The van der Waals surface area contributed by atoms with Crippen LogP contribution in [0.5, 0.6) is 0 Å². The number of hydrogen-bond donors (Lipinski definition) is 0. The summed E-state index contributed by atoms with van der Waals surface area (Å²) in [5.74, 6) is 0.873. The minimum atomic E-state index is 0.0370. The summed E-state index contributed by atoms with van der Waals surface area (Å²) in [5, 5.41) is 0. The summed E-state index contributed by atoms with van der Waals surface area (Å²) in [6.07, 6.45) is 5.80. The SMILES string of the molecule is COC1=CC=CC1OC. The van der Waals surface area contributed by atoms with Crippen molar-refractivity contribution in [2.45, 2.75) is 6.10 Å². The van der Waals surface area contributed by atoms with E-state index >= 15 is 0 Å². The quantitative estimate of drug-likeness (QED) is 0.551. The van der Waals surface area contributed by atoms with E-state index in [1.54, 1.807) is 14.2 Å². The molecule has 0 aliphatic heterocycles. The van der Waals surface area contributed by atoms with Gasteiger partial charge in [0, 0.05) is 7.11 Å². The molecule has 0 amide bonds. The third-order valence-electron chi connectivity index (χ3n) is 1.32. The van der Waals surface area contributed by atoms with E-state index in [0.29, 0.717) is 0 Å². The predicted molar refractivity (Wildman–Crippen MR) is 35.0 cm³/mol. The summed E-state index contributed by atoms with van der Waals surface area (Å²) in [4.78, 5) is 0. The van der Waals surface area contributed by atoms with Crippen LogP contribution in [0, 0.1) is 0 Å². The van der Waals surface area contributed by atoms with E-state index < -0.39 is 0 Å². The van der Waals surface area contributed by atoms with Crippen LogP contribution in [0.25, 0.3) is 0 Å². The van der Waals surface area contributed by atoms with Gasteiger partial charge in [-0.1, -0.05) is 6.08 Å². The van der Waals surface area contributed by atoms with Gasteiger partial charge in [0.1, 0.15) is 11.9 Å². The van der Waals surface area contributed by atoms with Crippen LogP contribution in [0.15, 0.2) is 24.0 Å². The molecule has 1 aliphatic rings. The van der Waals surface area contributed by atoms with Gasteiger partial charge in [0.25, 0.3) is 0 Å². The molecule has 1 atom stereocenters. The molecule has 0 heterocycles. The van der Waals surface area contributed by atoms with E-state index in [1.807, 2.05) is 18.2 Å². The lowest BCUT2D eigenvalue weighted by molar-refractivity contribution is 0.113. The average molecular weight is 126 g/mol. The molecule has 0 spiro atoms. The molecule has 0 fully saturated rings. The van der Waals surface area contributed by atoms with Crippen LogP contribution in [-0.2, 0) is 9.47 Å². The maximum Gasteiger partial charge on any atom is 0.132 e. The molecule has 0 bridgehead atoms. The number of allylic oxidation sites excluding steroid dienone is 2. The van der Waals surface area contributed by atoms with Gasteiger partial charge >= 0.3 is 0 Å². The highest BCUT2D eigenvalue weighted by Gasteiger charge is 2.12. The van der Waals surface area contributed by atoms with Crippen molar-refractivity contribution in [1.82, 2.24) is 0 Å². The third kappa shape index (κ3) is 1.13. The van der Waals surface area contributed by atoms with Crippen molar-refractivity contribution in [3.8, 4) is 0 Å². The molecule has 0 saturated heterocycles. The Labute approximate surface area is 54.8 Å². The second kappa shape index (κ2) is 2.69. The second-order valence-electron chi connectivity index (χ2n) is 1.81. The molecule has 50 valence electrons. The molecule has 0 aromatic carbocycles. The summed E-state index contributed by atoms with van der Waals surface area (Å²) < 4.78 is 10.0. The number of ether oxygens (including phenoxy) is 2. The van der Waals surface area contributed by atoms with Gasteiger partial charge in [0.05, 0.1) is 7.11 Å². The minimum Gasteiger partial charge on any atom is -0.498 e. The van der Waals surface area contributed by atoms with Gasteiger partial charge in [-0.05, 0) is 12.2 Å². The van der Waals surface area contributed by atoms with E-state index in [9.17, 15) is 0 Å². The van der Waals surface area contributed by atoms with E-state index in [1.165, 1.54) is 0 Å². The van der Waals surface area contributed by atoms with Crippen LogP contribution >= 0.6 is 0 Å². The van der Waals surface area contributed by atoms with Crippen molar-refractivity contribution in [2.24, 2.45) is 0 Å². The Morgan fingerprint density at radius 3 is 2.67 bits per heavy atom. The highest BCUT2D eigenvalue weighted by atomic mass is 16.5. The Hall–Kier alpha value is -0.760. The van der Waals surface area contributed by atoms with E-state index in [2.05, 4.69) is 0 Å². The Kier molecular flexibility index (Phi) is 1.90. The van der Waals surface area contributed by atoms with Crippen molar-refractivity contribution in [2.75, 3.05) is 14.2 Å². The topological polar surface area (TPSA) is 18.5 Å². The molecule has 2 nitrogen and oxygen atoms in total. The van der Waals surface area contributed by atoms with Crippen LogP contribution in [0.4, 0.5) is 0 Å². The fourth-order valence-corrected chi connectivity index (χ4v) is 0.820. The first kappa shape index (κ1) is 6.36. The fourth-order valence-electron chi connectivity index (χ4n) is 0.820. The third-order valence-corrected chi connectivity index (χ3v) is 1.32. The standard InChI is InChI=1S/C7H10O2/c1-8-6-4-3-5-7(6)9-2/h3-6H,1-2H3. The first-order chi connectivity index (χ1) is 4.38. The summed E-state index contributed by atoms with van der Waals surface area (Å²) in [6, 6.07) is 0. The molecule has 0 aromatic heterocycles. The average Bonchev–Trinajstić information content (AvgIpc) is 2.33. The van der Waals surface area contributed by atoms with Gasteiger partial charge in [-0.25, -0.2) is 0 Å². The lowest BCUT2D eigenvalue weighted by Gasteiger charge is -2.08. The van der Waals surface area contributed by atoms with Crippen molar-refractivity contribution < 1.29 is 9.47 Å². The zero-order valence-corrected chi connectivity index (χ0v) is 5.63. The van der Waals surface area contributed by atoms with Crippen LogP contribution in [0.2, 0.25) is 0 Å². The van der Waals surface area contributed by atoms with Crippen molar-refractivity contribution >= 4 is 0 Å². The van der Waals surface area contributed by atoms with Gasteiger partial charge in [-0.3, -0.25) is 0 Å². The lowest BCUT2D eigenvalue weighted by Crippen LogP contribution is -2.08. The summed E-state index contributed by atoms with van der Waals surface area (Å²) >= 11 is 0. The highest BCUT2D eigenvalue weighted by molar-refractivity contribution is 5.24. The molecule has 1 rings (SSSR count). The molecular weight excluding hydrogens is 116 g/mol. The molecule has 2 heteroatoms. The smallest absolute Gasteiger partial charge is 0.132 e. The molecular formula is C7H10O2. The van der Waals surface area contributed by atoms with Gasteiger partial charge < -0.3 is 9.47 Å². The Morgan fingerprint density at radius 1 is 1.44 bits per heavy atom. The van der Waals surface area contributed by atoms with Crippen LogP contribution < -0.4 is 0 Å². The Morgan fingerprint density at radius 2 is 2.22 bits per heavy atom. The van der Waals surface area contributed by atoms with Crippen molar-refractivity contribution in [3.05, 3.63) is 24.0 Å². The molecule has 0 saturated carbocycles. The molecule has 0 N–H and O–H groups in total. The lowest BCUT2D eigenvalue weighted by atomic mass is 10.3. The number of rotatable bonds is 2. The first-order valence-corrected chi connectivity index (χ1v) is 2.83. The Balaban J connectivity index is 2.55. The molecule has 0 aromatic rings. The van der Waals surface area contributed by atoms with Crippen LogP contribution in [0.1, 0.15) is 0 Å². The first-order valence-electron chi connectivity index (χ1n) is 2.83. The van der Waals surface area contributed by atoms with Gasteiger partial charge in [0.2, 0.25) is 0 Å². The van der Waals surface area contributed by atoms with Crippen molar-refractivity contribution in [1.29, 1.82) is 0 Å². The van der Waals surface area contributed by atoms with Crippen molar-refractivity contribution in [3.63, 3.8) is 0 Å². The molecule has 1 unspecified atom stereocenters. The predicted octanol–water partition coefficient (Wildman–Crippen LogP) is 1.10. The van der Waals surface area contributed by atoms with E-state index in [-0.39, 0.29) is 6.10 Å².